The van der Waals surface area contributed by atoms with Gasteiger partial charge in [0.05, 0.1) is 0 Å². The van der Waals surface area contributed by atoms with Crippen LogP contribution in [0.25, 0.3) is 0 Å². The topological polar surface area (TPSA) is 88.1 Å². The molecule has 3 fully saturated rings. The van der Waals surface area contributed by atoms with E-state index in [-0.39, 0.29) is 0 Å². The zero-order valence-corrected chi connectivity index (χ0v) is 9.82. The van der Waals surface area contributed by atoms with E-state index in [4.69, 9.17) is 14.2 Å². The highest BCUT2D eigenvalue weighted by Crippen LogP contribution is 2.49. The Hall–Kier alpha value is -1.47. The van der Waals surface area contributed by atoms with Gasteiger partial charge in [-0.3, -0.25) is 14.4 Å². The van der Waals surface area contributed by atoms with E-state index in [1.807, 2.05) is 0 Å². The molecular weight excluding hydrogens is 244 g/mol. The average molecular weight is 256 g/mol. The van der Waals surface area contributed by atoms with Crippen LogP contribution in [0.3, 0.4) is 0 Å². The number of esters is 3. The highest BCUT2D eigenvalue weighted by molar-refractivity contribution is 5.98. The van der Waals surface area contributed by atoms with Gasteiger partial charge in [0.15, 0.2) is 6.10 Å². The Morgan fingerprint density at radius 1 is 1.11 bits per heavy atom. The lowest BCUT2D eigenvalue weighted by atomic mass is 9.78. The predicted molar refractivity (Wildman–Crippen MR) is 53.1 cm³/mol. The van der Waals surface area contributed by atoms with Crippen molar-refractivity contribution in [1.82, 2.24) is 0 Å². The van der Waals surface area contributed by atoms with Crippen molar-refractivity contribution < 1.29 is 33.3 Å². The van der Waals surface area contributed by atoms with E-state index in [0.717, 1.165) is 0 Å². The molecule has 0 aliphatic carbocycles. The molecule has 0 aromatic heterocycles. The SMILES string of the molecule is CO[C@H]1C(OC(C)=O)C2O[C@H]1C1C(=O)OC(=O)C21. The van der Waals surface area contributed by atoms with Crippen molar-refractivity contribution in [2.24, 2.45) is 11.8 Å². The number of cyclic esters (lactones) is 2. The molecule has 4 unspecified atom stereocenters. The number of rotatable bonds is 2. The molecule has 3 aliphatic heterocycles. The summed E-state index contributed by atoms with van der Waals surface area (Å²) in [5, 5.41) is 0. The molecule has 18 heavy (non-hydrogen) atoms. The quantitative estimate of drug-likeness (QED) is 0.464. The van der Waals surface area contributed by atoms with Gasteiger partial charge in [-0.25, -0.2) is 0 Å². The van der Waals surface area contributed by atoms with Crippen LogP contribution in [-0.4, -0.2) is 49.4 Å². The zero-order valence-electron chi connectivity index (χ0n) is 9.82. The molecule has 0 aromatic carbocycles. The summed E-state index contributed by atoms with van der Waals surface area (Å²) in [4.78, 5) is 34.2. The summed E-state index contributed by atoms with van der Waals surface area (Å²) in [6, 6.07) is 0. The third-order valence-corrected chi connectivity index (χ3v) is 3.70. The third-order valence-electron chi connectivity index (χ3n) is 3.70. The largest absolute Gasteiger partial charge is 0.457 e. The number of fused-ring (bicyclic) bond motifs is 5. The van der Waals surface area contributed by atoms with Gasteiger partial charge in [0.25, 0.3) is 0 Å². The van der Waals surface area contributed by atoms with Gasteiger partial charge >= 0.3 is 17.9 Å². The molecule has 0 amide bonds. The first kappa shape index (κ1) is 11.6. The van der Waals surface area contributed by atoms with E-state index in [1.165, 1.54) is 14.0 Å². The van der Waals surface area contributed by atoms with Crippen LogP contribution < -0.4 is 0 Å². The van der Waals surface area contributed by atoms with Gasteiger partial charge in [0.1, 0.15) is 30.1 Å². The Balaban J connectivity index is 1.91. The molecule has 6 atom stereocenters. The summed E-state index contributed by atoms with van der Waals surface area (Å²) < 4.78 is 20.5. The number of methoxy groups -OCH3 is 1. The smallest absolute Gasteiger partial charge is 0.320 e. The van der Waals surface area contributed by atoms with Crippen LogP contribution in [0.1, 0.15) is 6.92 Å². The van der Waals surface area contributed by atoms with Crippen LogP contribution >= 0.6 is 0 Å². The molecule has 3 aliphatic rings. The average Bonchev–Trinajstić information content (AvgIpc) is 2.90. The van der Waals surface area contributed by atoms with Crippen LogP contribution in [0.4, 0.5) is 0 Å². The van der Waals surface area contributed by atoms with Gasteiger partial charge in [-0.15, -0.1) is 0 Å². The van der Waals surface area contributed by atoms with Crippen molar-refractivity contribution >= 4 is 17.9 Å². The molecule has 0 radical (unpaired) electrons. The molecule has 0 aromatic rings. The van der Waals surface area contributed by atoms with Crippen LogP contribution in [0, 0.1) is 11.8 Å². The summed E-state index contributed by atoms with van der Waals surface area (Å²) in [5.74, 6) is -2.99. The predicted octanol–water partition coefficient (Wildman–Crippen LogP) is -0.970. The van der Waals surface area contributed by atoms with E-state index >= 15 is 0 Å². The number of carbonyl (C=O) groups excluding carboxylic acids is 3. The Morgan fingerprint density at radius 3 is 2.17 bits per heavy atom. The molecule has 0 saturated carbocycles. The second-order valence-electron chi connectivity index (χ2n) is 4.63. The van der Waals surface area contributed by atoms with E-state index in [0.29, 0.717) is 0 Å². The normalized spacial score (nSPS) is 45.0. The molecule has 7 nitrogen and oxygen atoms in total. The lowest BCUT2D eigenvalue weighted by Gasteiger charge is -2.30. The summed E-state index contributed by atoms with van der Waals surface area (Å²) in [5.41, 5.74) is 0. The number of ether oxygens (including phenoxy) is 4. The summed E-state index contributed by atoms with van der Waals surface area (Å²) in [7, 11) is 1.45. The van der Waals surface area contributed by atoms with E-state index in [1.54, 1.807) is 0 Å². The summed E-state index contributed by atoms with van der Waals surface area (Å²) in [6.07, 6.45) is -2.46. The van der Waals surface area contributed by atoms with Gasteiger partial charge in [-0.05, 0) is 0 Å². The fourth-order valence-electron chi connectivity index (χ4n) is 3.09. The maximum absolute atomic E-state index is 11.6. The lowest BCUT2D eigenvalue weighted by molar-refractivity contribution is -0.161. The first-order valence-corrected chi connectivity index (χ1v) is 5.65. The second-order valence-corrected chi connectivity index (χ2v) is 4.63. The highest BCUT2D eigenvalue weighted by atomic mass is 16.6. The van der Waals surface area contributed by atoms with E-state index in [9.17, 15) is 14.4 Å². The van der Waals surface area contributed by atoms with Crippen LogP contribution in [-0.2, 0) is 33.3 Å². The van der Waals surface area contributed by atoms with Gasteiger partial charge < -0.3 is 18.9 Å². The fraction of sp³-hybridized carbons (Fsp3) is 0.727. The molecule has 7 heteroatoms. The fourth-order valence-corrected chi connectivity index (χ4v) is 3.09. The minimum absolute atomic E-state index is 0.479. The molecule has 3 saturated heterocycles. The zero-order chi connectivity index (χ0) is 13.0. The molecular formula is C11H12O7. The third kappa shape index (κ3) is 1.34. The highest BCUT2D eigenvalue weighted by Gasteiger charge is 2.70. The van der Waals surface area contributed by atoms with Crippen LogP contribution in [0.5, 0.6) is 0 Å². The van der Waals surface area contributed by atoms with Crippen molar-refractivity contribution in [1.29, 1.82) is 0 Å². The lowest BCUT2D eigenvalue weighted by Crippen LogP contribution is -2.50. The summed E-state index contributed by atoms with van der Waals surface area (Å²) in [6.45, 7) is 1.27. The Morgan fingerprint density at radius 2 is 1.67 bits per heavy atom. The van der Waals surface area contributed by atoms with Gasteiger partial charge in [-0.2, -0.15) is 0 Å². The molecule has 0 spiro atoms. The Labute approximate surface area is 102 Å². The van der Waals surface area contributed by atoms with Gasteiger partial charge in [0, 0.05) is 14.0 Å². The molecule has 98 valence electrons. The van der Waals surface area contributed by atoms with Crippen LogP contribution in [0.15, 0.2) is 0 Å². The van der Waals surface area contributed by atoms with Crippen molar-refractivity contribution in [3.05, 3.63) is 0 Å². The molecule has 0 N–H and O–H groups in total. The van der Waals surface area contributed by atoms with Gasteiger partial charge in [-0.1, -0.05) is 0 Å². The number of hydrogen-bond acceptors (Lipinski definition) is 7. The molecule has 3 heterocycles. The maximum atomic E-state index is 11.6. The van der Waals surface area contributed by atoms with E-state index in [2.05, 4.69) is 4.74 Å². The van der Waals surface area contributed by atoms with Crippen molar-refractivity contribution in [3.8, 4) is 0 Å². The minimum Gasteiger partial charge on any atom is -0.457 e. The standard InChI is InChI=1S/C11H12O7/c1-3(12)16-9-7-5-4(10(13)18-11(5)14)6(17-7)8(9)15-2/h4-9H,1-2H3/t4?,5?,6-,7?,8+,9?/m0/s1. The minimum atomic E-state index is -0.682. The molecule has 3 rings (SSSR count). The maximum Gasteiger partial charge on any atom is 0.320 e. The van der Waals surface area contributed by atoms with E-state index < -0.39 is 54.2 Å². The first-order chi connectivity index (χ1) is 8.54. The Bertz CT molecular complexity index is 431. The number of carbonyl (C=O) groups is 3. The van der Waals surface area contributed by atoms with Crippen LogP contribution in [0.2, 0.25) is 0 Å². The van der Waals surface area contributed by atoms with Gasteiger partial charge in [0.2, 0.25) is 0 Å². The van der Waals surface area contributed by atoms with Crippen molar-refractivity contribution in [3.63, 3.8) is 0 Å². The first-order valence-electron chi connectivity index (χ1n) is 5.65. The number of hydrogen-bond donors (Lipinski definition) is 0. The molecule has 2 bridgehead atoms. The Kier molecular flexibility index (Phi) is 2.43. The summed E-state index contributed by atoms with van der Waals surface area (Å²) >= 11 is 0. The second kappa shape index (κ2) is 3.76. The monoisotopic (exact) mass is 256 g/mol. The van der Waals surface area contributed by atoms with Crippen molar-refractivity contribution in [2.75, 3.05) is 7.11 Å². The van der Waals surface area contributed by atoms with Crippen molar-refractivity contribution in [2.45, 2.75) is 31.3 Å².